The van der Waals surface area contributed by atoms with E-state index >= 15 is 0 Å². The molecule has 0 aromatic rings. The molecule has 0 unspecified atom stereocenters. The second kappa shape index (κ2) is 3.29. The highest BCUT2D eigenvalue weighted by Crippen LogP contribution is 2.41. The maximum Gasteiger partial charge on any atom is 0.106 e. The minimum atomic E-state index is -0.628. The number of nitrogens with zero attached hydrogens (tertiary/aromatic N) is 1. The molecule has 1 N–H and O–H groups in total. The van der Waals surface area contributed by atoms with Crippen LogP contribution in [0, 0.1) is 5.92 Å². The lowest BCUT2D eigenvalue weighted by molar-refractivity contribution is 0.0261. The number of oxime groups is 1. The van der Waals surface area contributed by atoms with Crippen molar-refractivity contribution in [3.05, 3.63) is 0 Å². The first kappa shape index (κ1) is 9.00. The normalized spacial score (nSPS) is 42.0. The molecule has 0 spiro atoms. The van der Waals surface area contributed by atoms with Gasteiger partial charge in [0.25, 0.3) is 0 Å². The van der Waals surface area contributed by atoms with Gasteiger partial charge in [0.2, 0.25) is 0 Å². The predicted molar refractivity (Wildman–Crippen MR) is 50.6 cm³/mol. The van der Waals surface area contributed by atoms with Crippen molar-refractivity contribution in [3.63, 3.8) is 0 Å². The fraction of sp³-hybridized carbons (Fsp3) is 0.900. The molecule has 2 atom stereocenters. The highest BCUT2D eigenvalue weighted by Gasteiger charge is 2.42. The molecule has 2 fully saturated rings. The minimum Gasteiger partial charge on any atom is -0.399 e. The molecule has 2 bridgehead atoms. The summed E-state index contributed by atoms with van der Waals surface area (Å²) in [6.45, 7) is 0. The number of fused-ring (bicyclic) bond motifs is 2. The Morgan fingerprint density at radius 2 is 2.38 bits per heavy atom. The van der Waals surface area contributed by atoms with E-state index in [1.807, 2.05) is 0 Å². The third kappa shape index (κ3) is 1.57. The van der Waals surface area contributed by atoms with Crippen LogP contribution < -0.4 is 0 Å². The van der Waals surface area contributed by atoms with Gasteiger partial charge in [0.05, 0.1) is 5.71 Å². The first-order valence-electron chi connectivity index (χ1n) is 5.07. The minimum absolute atomic E-state index is 0.628. The summed E-state index contributed by atoms with van der Waals surface area (Å²) in [5, 5.41) is 14.2. The van der Waals surface area contributed by atoms with E-state index < -0.39 is 5.60 Å². The van der Waals surface area contributed by atoms with Gasteiger partial charge < -0.3 is 9.94 Å². The van der Waals surface area contributed by atoms with Crippen molar-refractivity contribution in [2.24, 2.45) is 11.1 Å². The molecule has 0 radical (unpaired) electrons. The first-order chi connectivity index (χ1) is 6.24. The molecule has 74 valence electrons. The molecule has 2 saturated carbocycles. The third-order valence-corrected chi connectivity index (χ3v) is 3.36. The van der Waals surface area contributed by atoms with Crippen LogP contribution in [0.1, 0.15) is 38.5 Å². The van der Waals surface area contributed by atoms with Crippen LogP contribution in [0.3, 0.4) is 0 Å². The van der Waals surface area contributed by atoms with E-state index in [0.717, 1.165) is 37.3 Å². The van der Waals surface area contributed by atoms with Crippen molar-refractivity contribution < 1.29 is 9.94 Å². The van der Waals surface area contributed by atoms with Crippen molar-refractivity contribution in [2.45, 2.75) is 44.1 Å². The smallest absolute Gasteiger partial charge is 0.106 e. The molecular formula is C10H17NO2. The number of hydrogen-bond acceptors (Lipinski definition) is 3. The molecule has 3 heteroatoms. The Hall–Kier alpha value is -0.570. The first-order valence-corrected chi connectivity index (χ1v) is 5.07. The summed E-state index contributed by atoms with van der Waals surface area (Å²) in [6, 6.07) is 0. The van der Waals surface area contributed by atoms with Crippen LogP contribution in [-0.2, 0) is 4.84 Å². The van der Waals surface area contributed by atoms with Crippen molar-refractivity contribution in [2.75, 3.05) is 7.11 Å². The van der Waals surface area contributed by atoms with E-state index in [4.69, 9.17) is 4.84 Å². The molecule has 2 aliphatic carbocycles. The van der Waals surface area contributed by atoms with Crippen LogP contribution in [-0.4, -0.2) is 23.5 Å². The Morgan fingerprint density at radius 3 is 3.15 bits per heavy atom. The van der Waals surface area contributed by atoms with Crippen LogP contribution in [0.4, 0.5) is 0 Å². The standard InChI is InChI=1S/C10H17NO2/c1-13-11-9-5-4-8-3-2-6-10(9,12)7-8/h8,12H,2-7H2,1H3/b11-9+/t8-,10+/m1/s1. The molecule has 2 rings (SSSR count). The Morgan fingerprint density at radius 1 is 1.54 bits per heavy atom. The van der Waals surface area contributed by atoms with Gasteiger partial charge in [-0.3, -0.25) is 0 Å². The fourth-order valence-electron chi connectivity index (χ4n) is 2.69. The summed E-state index contributed by atoms with van der Waals surface area (Å²) >= 11 is 0. The van der Waals surface area contributed by atoms with E-state index in [9.17, 15) is 5.11 Å². The second-order valence-electron chi connectivity index (χ2n) is 4.25. The van der Waals surface area contributed by atoms with Crippen molar-refractivity contribution in [1.29, 1.82) is 0 Å². The van der Waals surface area contributed by atoms with Gasteiger partial charge >= 0.3 is 0 Å². The topological polar surface area (TPSA) is 41.8 Å². The summed E-state index contributed by atoms with van der Waals surface area (Å²) in [6.07, 6.45) is 6.26. The Balaban J connectivity index is 2.17. The molecule has 13 heavy (non-hydrogen) atoms. The third-order valence-electron chi connectivity index (χ3n) is 3.36. The van der Waals surface area contributed by atoms with Gasteiger partial charge in [-0.1, -0.05) is 11.6 Å². The number of aliphatic hydroxyl groups is 1. The zero-order valence-electron chi connectivity index (χ0n) is 8.12. The van der Waals surface area contributed by atoms with Gasteiger partial charge in [0.15, 0.2) is 0 Å². The monoisotopic (exact) mass is 183 g/mol. The van der Waals surface area contributed by atoms with E-state index in [-0.39, 0.29) is 0 Å². The van der Waals surface area contributed by atoms with Gasteiger partial charge in [-0.25, -0.2) is 0 Å². The van der Waals surface area contributed by atoms with E-state index in [1.165, 1.54) is 12.8 Å². The van der Waals surface area contributed by atoms with Gasteiger partial charge in [0, 0.05) is 0 Å². The lowest BCUT2D eigenvalue weighted by Gasteiger charge is -2.41. The molecule has 0 saturated heterocycles. The fourth-order valence-corrected chi connectivity index (χ4v) is 2.69. The van der Waals surface area contributed by atoms with Gasteiger partial charge in [-0.2, -0.15) is 0 Å². The average molecular weight is 183 g/mol. The molecule has 0 aliphatic heterocycles. The van der Waals surface area contributed by atoms with E-state index in [0.29, 0.717) is 0 Å². The van der Waals surface area contributed by atoms with Crippen LogP contribution in [0.15, 0.2) is 5.16 Å². The number of rotatable bonds is 1. The molecule has 0 amide bonds. The molecule has 2 aliphatic rings. The Kier molecular flexibility index (Phi) is 2.28. The maximum atomic E-state index is 10.3. The van der Waals surface area contributed by atoms with Gasteiger partial charge in [-0.05, 0) is 38.0 Å². The Labute approximate surface area is 78.8 Å². The average Bonchev–Trinajstić information content (AvgIpc) is 2.10. The summed E-state index contributed by atoms with van der Waals surface area (Å²) in [7, 11) is 1.55. The molecule has 0 aromatic heterocycles. The van der Waals surface area contributed by atoms with Crippen LogP contribution in [0.25, 0.3) is 0 Å². The summed E-state index contributed by atoms with van der Waals surface area (Å²) in [5.74, 6) is 0.717. The lowest BCUT2D eigenvalue weighted by atomic mass is 9.68. The van der Waals surface area contributed by atoms with E-state index in [1.54, 1.807) is 7.11 Å². The zero-order chi connectivity index (χ0) is 9.31. The highest BCUT2D eigenvalue weighted by atomic mass is 16.6. The summed E-state index contributed by atoms with van der Waals surface area (Å²) in [4.78, 5) is 4.77. The largest absolute Gasteiger partial charge is 0.399 e. The predicted octanol–water partition coefficient (Wildman–Crippen LogP) is 1.70. The van der Waals surface area contributed by atoms with Crippen LogP contribution in [0.2, 0.25) is 0 Å². The van der Waals surface area contributed by atoms with Crippen molar-refractivity contribution in [3.8, 4) is 0 Å². The van der Waals surface area contributed by atoms with Crippen molar-refractivity contribution in [1.82, 2.24) is 0 Å². The number of hydrogen-bond donors (Lipinski definition) is 1. The SMILES string of the molecule is CO/N=C1\CC[C@H]2CCC[C@]1(O)C2. The van der Waals surface area contributed by atoms with Gasteiger partial charge in [0.1, 0.15) is 12.7 Å². The Bertz CT molecular complexity index is 227. The molecule has 0 aromatic carbocycles. The molecule has 3 nitrogen and oxygen atoms in total. The highest BCUT2D eigenvalue weighted by molar-refractivity contribution is 5.92. The second-order valence-corrected chi connectivity index (χ2v) is 4.25. The summed E-state index contributed by atoms with van der Waals surface area (Å²) < 4.78 is 0. The molecular weight excluding hydrogens is 166 g/mol. The van der Waals surface area contributed by atoms with Crippen LogP contribution in [0.5, 0.6) is 0 Å². The maximum absolute atomic E-state index is 10.3. The molecule has 0 heterocycles. The van der Waals surface area contributed by atoms with Crippen molar-refractivity contribution >= 4 is 5.71 Å². The summed E-state index contributed by atoms with van der Waals surface area (Å²) in [5.41, 5.74) is 0.239. The van der Waals surface area contributed by atoms with Gasteiger partial charge in [-0.15, -0.1) is 0 Å². The lowest BCUT2D eigenvalue weighted by Crippen LogP contribution is -2.46. The van der Waals surface area contributed by atoms with E-state index in [2.05, 4.69) is 5.16 Å². The zero-order valence-corrected chi connectivity index (χ0v) is 8.12. The van der Waals surface area contributed by atoms with Crippen LogP contribution >= 0.6 is 0 Å². The quantitative estimate of drug-likeness (QED) is 0.629.